The van der Waals surface area contributed by atoms with E-state index in [1.54, 1.807) is 51.7 Å². The Bertz CT molecular complexity index is 1170. The smallest absolute Gasteiger partial charge is 0.334 e. The van der Waals surface area contributed by atoms with Crippen LogP contribution in [0.1, 0.15) is 91.0 Å². The van der Waals surface area contributed by atoms with E-state index in [1.165, 1.54) is 64.1 Å². The van der Waals surface area contributed by atoms with E-state index in [2.05, 4.69) is 17.1 Å². The lowest BCUT2D eigenvalue weighted by Crippen LogP contribution is -2.50. The van der Waals surface area contributed by atoms with Gasteiger partial charge < -0.3 is 29.1 Å². The highest BCUT2D eigenvalue weighted by Crippen LogP contribution is 2.36. The third kappa shape index (κ3) is 16.6. The Morgan fingerprint density at radius 2 is 1.62 bits per heavy atom. The Morgan fingerprint density at radius 3 is 2.17 bits per heavy atom. The van der Waals surface area contributed by atoms with Crippen LogP contribution in [0.5, 0.6) is 17.2 Å². The van der Waals surface area contributed by atoms with Crippen LogP contribution in [-0.2, 0) is 24.9 Å². The lowest BCUT2D eigenvalue weighted by atomic mass is 9.93. The number of hydrogen-bond donors (Lipinski definition) is 1. The van der Waals surface area contributed by atoms with E-state index in [0.29, 0.717) is 28.8 Å². The number of ether oxygens (including phenoxy) is 4. The van der Waals surface area contributed by atoms with Gasteiger partial charge in [-0.15, -0.1) is 10.1 Å². The van der Waals surface area contributed by atoms with Gasteiger partial charge in [-0.05, 0) is 45.8 Å². The van der Waals surface area contributed by atoms with E-state index in [0.717, 1.165) is 24.8 Å². The number of nitrogens with one attached hydrogen (secondary N) is 1. The molecule has 1 atom stereocenters. The topological polar surface area (TPSA) is 135 Å². The number of esters is 1. The summed E-state index contributed by atoms with van der Waals surface area (Å²) in [5, 5.41) is 12.5. The molecule has 0 spiro atoms. The summed E-state index contributed by atoms with van der Waals surface area (Å²) in [5.74, 6) is 1.25. The number of allylic oxidation sites excluding steroid dienone is 5. The SMILES string of the molecule is CC=CC=C(C=CCCCCCCCCCC)OC(=O)C(CSCc1c(OC)cc(OC)cc1OC)NC(=O)C(C)(C)CO[N+](=O)[O-]. The van der Waals surface area contributed by atoms with Crippen molar-refractivity contribution < 1.29 is 38.5 Å². The van der Waals surface area contributed by atoms with Gasteiger partial charge in [0.2, 0.25) is 5.91 Å². The number of benzene rings is 1. The van der Waals surface area contributed by atoms with E-state index in [4.69, 9.17) is 18.9 Å². The second-order valence-corrected chi connectivity index (χ2v) is 12.6. The van der Waals surface area contributed by atoms with Gasteiger partial charge in [0.1, 0.15) is 35.7 Å². The van der Waals surface area contributed by atoms with Gasteiger partial charge in [0.25, 0.3) is 5.09 Å². The Balaban J connectivity index is 3.06. The molecular weight excluding hydrogens is 624 g/mol. The van der Waals surface area contributed by atoms with Gasteiger partial charge in [-0.2, -0.15) is 11.8 Å². The Labute approximate surface area is 284 Å². The first-order valence-corrected chi connectivity index (χ1v) is 17.3. The summed E-state index contributed by atoms with van der Waals surface area (Å²) in [7, 11) is 4.63. The highest BCUT2D eigenvalue weighted by atomic mass is 32.2. The maximum absolute atomic E-state index is 13.5. The molecule has 47 heavy (non-hydrogen) atoms. The maximum atomic E-state index is 13.5. The van der Waals surface area contributed by atoms with Crippen molar-refractivity contribution in [2.75, 3.05) is 33.7 Å². The summed E-state index contributed by atoms with van der Waals surface area (Å²) >= 11 is 1.36. The number of unbranched alkanes of at least 4 members (excludes halogenated alkanes) is 8. The molecule has 1 N–H and O–H groups in total. The molecule has 264 valence electrons. The molecule has 0 bridgehead atoms. The zero-order valence-electron chi connectivity index (χ0n) is 29.1. The normalized spacial score (nSPS) is 12.6. The van der Waals surface area contributed by atoms with Gasteiger partial charge in [-0.1, -0.05) is 70.1 Å². The van der Waals surface area contributed by atoms with Crippen molar-refractivity contribution in [3.05, 3.63) is 63.9 Å². The van der Waals surface area contributed by atoms with Crippen LogP contribution in [0.4, 0.5) is 0 Å². The number of carbonyl (C=O) groups is 2. The summed E-state index contributed by atoms with van der Waals surface area (Å²) in [6, 6.07) is 2.40. The van der Waals surface area contributed by atoms with Gasteiger partial charge in [0, 0.05) is 29.2 Å². The van der Waals surface area contributed by atoms with Crippen molar-refractivity contribution in [1.29, 1.82) is 0 Å². The van der Waals surface area contributed by atoms with Crippen LogP contribution in [0.3, 0.4) is 0 Å². The Hall–Kier alpha value is -3.67. The predicted molar refractivity (Wildman–Crippen MR) is 186 cm³/mol. The Kier molecular flexibility index (Phi) is 20.8. The van der Waals surface area contributed by atoms with Gasteiger partial charge in [0.15, 0.2) is 0 Å². The number of carbonyl (C=O) groups excluding carboxylic acids is 2. The maximum Gasteiger partial charge on any atom is 0.334 e. The third-order valence-electron chi connectivity index (χ3n) is 7.26. The zero-order valence-corrected chi connectivity index (χ0v) is 30.0. The van der Waals surface area contributed by atoms with Gasteiger partial charge >= 0.3 is 5.97 Å². The fraction of sp³-hybridized carbons (Fsp3) is 0.600. The van der Waals surface area contributed by atoms with E-state index in [9.17, 15) is 19.7 Å². The predicted octanol–water partition coefficient (Wildman–Crippen LogP) is 7.76. The van der Waals surface area contributed by atoms with Crippen molar-refractivity contribution in [3.8, 4) is 17.2 Å². The number of methoxy groups -OCH3 is 3. The van der Waals surface area contributed by atoms with E-state index in [1.807, 2.05) is 19.1 Å². The quantitative estimate of drug-likeness (QED) is 0.0273. The van der Waals surface area contributed by atoms with Crippen molar-refractivity contribution in [2.24, 2.45) is 5.41 Å². The summed E-state index contributed by atoms with van der Waals surface area (Å²) in [4.78, 5) is 42.0. The molecule has 1 rings (SSSR count). The number of nitrogens with zero attached hydrogens (tertiary/aromatic N) is 1. The van der Waals surface area contributed by atoms with E-state index in [-0.39, 0.29) is 5.75 Å². The molecule has 12 heteroatoms. The van der Waals surface area contributed by atoms with Crippen molar-refractivity contribution in [2.45, 2.75) is 97.3 Å². The second kappa shape index (κ2) is 23.6. The van der Waals surface area contributed by atoms with Crippen LogP contribution in [-0.4, -0.2) is 56.7 Å². The third-order valence-corrected chi connectivity index (χ3v) is 8.32. The average Bonchev–Trinajstić information content (AvgIpc) is 3.05. The van der Waals surface area contributed by atoms with Crippen LogP contribution in [0, 0.1) is 15.5 Å². The minimum absolute atomic E-state index is 0.133. The number of amides is 1. The van der Waals surface area contributed by atoms with Crippen LogP contribution in [0.15, 0.2) is 48.3 Å². The molecule has 1 aromatic carbocycles. The van der Waals surface area contributed by atoms with Crippen LogP contribution >= 0.6 is 11.8 Å². The van der Waals surface area contributed by atoms with Gasteiger partial charge in [-0.25, -0.2) is 4.79 Å². The van der Waals surface area contributed by atoms with Crippen molar-refractivity contribution in [3.63, 3.8) is 0 Å². The minimum Gasteiger partial charge on any atom is -0.496 e. The lowest BCUT2D eigenvalue weighted by Gasteiger charge is -2.26. The molecule has 0 radical (unpaired) electrons. The molecule has 1 amide bonds. The van der Waals surface area contributed by atoms with Crippen molar-refractivity contribution >= 4 is 23.6 Å². The summed E-state index contributed by atoms with van der Waals surface area (Å²) in [6.07, 6.45) is 19.7. The standard InChI is InChI=1S/C35H54N2O9S/c1-8-10-12-13-14-15-16-17-18-19-21-27(20-11-9-2)46-33(38)30(36-34(39)35(3,4)26-45-37(40)41)25-47-24-29-31(43-6)22-28(42-5)23-32(29)44-7/h9,11,19-23,30H,8,10,12-18,24-26H2,1-7H3,(H,36,39). The molecule has 0 saturated heterocycles. The van der Waals surface area contributed by atoms with Crippen LogP contribution < -0.4 is 19.5 Å². The van der Waals surface area contributed by atoms with Crippen molar-refractivity contribution in [1.82, 2.24) is 5.32 Å². The highest BCUT2D eigenvalue weighted by Gasteiger charge is 2.33. The molecule has 0 aromatic heterocycles. The monoisotopic (exact) mass is 678 g/mol. The molecule has 0 heterocycles. The largest absolute Gasteiger partial charge is 0.496 e. The molecule has 0 aliphatic heterocycles. The molecular formula is C35H54N2O9S. The summed E-state index contributed by atoms with van der Waals surface area (Å²) in [6.45, 7) is 6.60. The lowest BCUT2D eigenvalue weighted by molar-refractivity contribution is -0.760. The Morgan fingerprint density at radius 1 is 1.00 bits per heavy atom. The zero-order chi connectivity index (χ0) is 35.1. The summed E-state index contributed by atoms with van der Waals surface area (Å²) < 4.78 is 22.2. The average molecular weight is 679 g/mol. The van der Waals surface area contributed by atoms with Crippen LogP contribution in [0.25, 0.3) is 0 Å². The molecule has 0 aliphatic carbocycles. The van der Waals surface area contributed by atoms with Crippen LogP contribution in [0.2, 0.25) is 0 Å². The summed E-state index contributed by atoms with van der Waals surface area (Å²) in [5.41, 5.74) is -0.547. The minimum atomic E-state index is -1.29. The number of rotatable bonds is 25. The molecule has 0 fully saturated rings. The number of hydrogen-bond acceptors (Lipinski definition) is 10. The van der Waals surface area contributed by atoms with E-state index >= 15 is 0 Å². The fourth-order valence-electron chi connectivity index (χ4n) is 4.40. The first kappa shape index (κ1) is 41.4. The highest BCUT2D eigenvalue weighted by molar-refractivity contribution is 7.98. The van der Waals surface area contributed by atoms with E-state index < -0.39 is 35.0 Å². The molecule has 11 nitrogen and oxygen atoms in total. The van der Waals surface area contributed by atoms with Gasteiger partial charge in [0.05, 0.1) is 26.7 Å². The fourth-order valence-corrected chi connectivity index (χ4v) is 5.46. The molecule has 1 aromatic rings. The molecule has 1 unspecified atom stereocenters. The first-order chi connectivity index (χ1) is 22.5. The second-order valence-electron chi connectivity index (χ2n) is 11.6. The van der Waals surface area contributed by atoms with Gasteiger partial charge in [-0.3, -0.25) is 4.79 Å². The number of thioether (sulfide) groups is 1. The first-order valence-electron chi connectivity index (χ1n) is 16.2. The molecule has 0 saturated carbocycles. The molecule has 0 aliphatic rings.